The van der Waals surface area contributed by atoms with E-state index in [0.29, 0.717) is 0 Å². The predicted octanol–water partition coefficient (Wildman–Crippen LogP) is 7.41. The maximum atomic E-state index is 2.64. The van der Waals surface area contributed by atoms with Crippen LogP contribution in [0.4, 0.5) is 0 Å². The van der Waals surface area contributed by atoms with Crippen LogP contribution in [0.25, 0.3) is 0 Å². The van der Waals surface area contributed by atoms with Crippen molar-refractivity contribution in [2.75, 3.05) is 6.16 Å². The molecule has 3 aromatic rings. The van der Waals surface area contributed by atoms with Crippen molar-refractivity contribution in [3.8, 4) is 0 Å². The molecule has 0 aromatic heterocycles. The van der Waals surface area contributed by atoms with Crippen LogP contribution in [0.5, 0.6) is 0 Å². The molecule has 1 aliphatic rings. The SMILES string of the molecule is C[Si](C)(C)CC=C1CCP(c2ccccc2)C1(c1ccccc1)c1ccccc1. The quantitative estimate of drug-likeness (QED) is 0.232. The van der Waals surface area contributed by atoms with Crippen molar-refractivity contribution < 1.29 is 0 Å². The normalized spacial score (nSPS) is 20.1. The van der Waals surface area contributed by atoms with E-state index in [4.69, 9.17) is 0 Å². The fraction of sp³-hybridized carbons (Fsp3) is 0.259. The number of hydrogen-bond acceptors (Lipinski definition) is 0. The molecule has 0 aliphatic carbocycles. The summed E-state index contributed by atoms with van der Waals surface area (Å²) in [6.07, 6.45) is 5.10. The van der Waals surface area contributed by atoms with Gasteiger partial charge >= 0.3 is 0 Å². The Balaban J connectivity index is 1.98. The van der Waals surface area contributed by atoms with Crippen molar-refractivity contribution >= 4 is 21.3 Å². The Morgan fingerprint density at radius 1 is 0.759 bits per heavy atom. The Kier molecular flexibility index (Phi) is 5.90. The molecular weight excluding hydrogens is 383 g/mol. The summed E-state index contributed by atoms with van der Waals surface area (Å²) in [5.74, 6) is 0. The number of hydrogen-bond donors (Lipinski definition) is 0. The minimum absolute atomic E-state index is 0.0150. The number of benzene rings is 3. The fourth-order valence-electron chi connectivity index (χ4n) is 4.57. The largest absolute Gasteiger partial charge is 0.0864 e. The van der Waals surface area contributed by atoms with Gasteiger partial charge in [-0.3, -0.25) is 0 Å². The average Bonchev–Trinajstić information content (AvgIpc) is 3.14. The van der Waals surface area contributed by atoms with Crippen LogP contribution in [0.15, 0.2) is 103 Å². The molecule has 0 radical (unpaired) electrons. The molecule has 4 rings (SSSR count). The third kappa shape index (κ3) is 4.04. The first kappa shape index (κ1) is 20.3. The molecule has 1 heterocycles. The van der Waals surface area contributed by atoms with E-state index in [-0.39, 0.29) is 13.1 Å². The predicted molar refractivity (Wildman–Crippen MR) is 132 cm³/mol. The van der Waals surface area contributed by atoms with Crippen molar-refractivity contribution in [3.63, 3.8) is 0 Å². The molecule has 1 unspecified atom stereocenters. The summed E-state index contributed by atoms with van der Waals surface area (Å²) >= 11 is 0. The van der Waals surface area contributed by atoms with Gasteiger partial charge in [-0.05, 0) is 35.1 Å². The van der Waals surface area contributed by atoms with E-state index in [1.54, 1.807) is 5.57 Å². The lowest BCUT2D eigenvalue weighted by Gasteiger charge is -2.39. The van der Waals surface area contributed by atoms with Crippen LogP contribution in [-0.2, 0) is 5.16 Å². The smallest absolute Gasteiger partial charge is 0.0650 e. The van der Waals surface area contributed by atoms with Gasteiger partial charge in [-0.2, -0.15) is 0 Å². The molecule has 1 aliphatic heterocycles. The minimum Gasteiger partial charge on any atom is -0.0864 e. The van der Waals surface area contributed by atoms with Crippen molar-refractivity contribution in [1.29, 1.82) is 0 Å². The summed E-state index contributed by atoms with van der Waals surface area (Å²) in [5.41, 5.74) is 4.56. The first-order chi connectivity index (χ1) is 14.0. The second kappa shape index (κ2) is 8.42. The van der Waals surface area contributed by atoms with E-state index in [9.17, 15) is 0 Å². The van der Waals surface area contributed by atoms with E-state index < -0.39 is 8.07 Å². The van der Waals surface area contributed by atoms with Crippen LogP contribution in [0, 0.1) is 0 Å². The highest BCUT2D eigenvalue weighted by Gasteiger charge is 2.49. The van der Waals surface area contributed by atoms with E-state index in [1.165, 1.54) is 35.1 Å². The summed E-state index contributed by atoms with van der Waals surface area (Å²) in [6, 6.07) is 35.1. The Morgan fingerprint density at radius 2 is 1.24 bits per heavy atom. The van der Waals surface area contributed by atoms with Crippen LogP contribution < -0.4 is 5.30 Å². The lowest BCUT2D eigenvalue weighted by molar-refractivity contribution is 0.847. The van der Waals surface area contributed by atoms with Crippen molar-refractivity contribution in [2.24, 2.45) is 0 Å². The van der Waals surface area contributed by atoms with Gasteiger partial charge in [0.05, 0.1) is 5.16 Å². The molecule has 2 heteroatoms. The minimum atomic E-state index is -1.16. The second-order valence-corrected chi connectivity index (χ2v) is 17.2. The van der Waals surface area contributed by atoms with E-state index in [0.717, 1.165) is 0 Å². The molecular formula is C27H31PSi. The molecule has 0 spiro atoms. The highest BCUT2D eigenvalue weighted by Crippen LogP contribution is 2.68. The fourth-order valence-corrected chi connectivity index (χ4v) is 8.88. The van der Waals surface area contributed by atoms with E-state index in [2.05, 4.69) is 117 Å². The van der Waals surface area contributed by atoms with Gasteiger partial charge in [-0.25, -0.2) is 0 Å². The van der Waals surface area contributed by atoms with Crippen LogP contribution in [0.1, 0.15) is 17.5 Å². The molecule has 1 fully saturated rings. The summed E-state index contributed by atoms with van der Waals surface area (Å²) < 4.78 is 0. The first-order valence-electron chi connectivity index (χ1n) is 10.6. The molecule has 0 bridgehead atoms. The Bertz CT molecular complexity index is 916. The van der Waals surface area contributed by atoms with Gasteiger partial charge in [-0.15, -0.1) is 0 Å². The van der Waals surface area contributed by atoms with Crippen molar-refractivity contribution in [3.05, 3.63) is 114 Å². The summed E-state index contributed by atoms with van der Waals surface area (Å²) in [6.45, 7) is 7.43. The summed E-state index contributed by atoms with van der Waals surface area (Å²) in [4.78, 5) is 0. The van der Waals surface area contributed by atoms with Crippen LogP contribution in [-0.4, -0.2) is 14.2 Å². The molecule has 0 saturated carbocycles. The maximum absolute atomic E-state index is 2.64. The molecule has 29 heavy (non-hydrogen) atoms. The van der Waals surface area contributed by atoms with Gasteiger partial charge < -0.3 is 0 Å². The monoisotopic (exact) mass is 414 g/mol. The number of rotatable bonds is 5. The van der Waals surface area contributed by atoms with E-state index in [1.807, 2.05) is 0 Å². The zero-order chi connectivity index (χ0) is 20.3. The molecule has 0 amide bonds. The van der Waals surface area contributed by atoms with Crippen LogP contribution >= 0.6 is 7.92 Å². The summed E-state index contributed by atoms with van der Waals surface area (Å²) in [7, 11) is -1.54. The highest BCUT2D eigenvalue weighted by molar-refractivity contribution is 7.67. The lowest BCUT2D eigenvalue weighted by atomic mass is 9.82. The average molecular weight is 415 g/mol. The third-order valence-electron chi connectivity index (χ3n) is 5.89. The van der Waals surface area contributed by atoms with Crippen LogP contribution in [0.3, 0.4) is 0 Å². The number of allylic oxidation sites excluding steroid dienone is 2. The first-order valence-corrected chi connectivity index (χ1v) is 15.9. The Hall–Kier alpha value is -1.95. The van der Waals surface area contributed by atoms with E-state index >= 15 is 0 Å². The standard InChI is InChI=1S/C27H31PSi/c1-29(2,3)22-20-25-19-21-28(26-17-11-6-12-18-26)27(25,23-13-7-4-8-14-23)24-15-9-5-10-16-24/h4-18,20H,19,21-22H2,1-3H3. The molecule has 0 nitrogen and oxygen atoms in total. The highest BCUT2D eigenvalue weighted by atomic mass is 31.1. The van der Waals surface area contributed by atoms with Gasteiger partial charge in [0.15, 0.2) is 0 Å². The molecule has 148 valence electrons. The molecule has 1 atom stereocenters. The van der Waals surface area contributed by atoms with Gasteiger partial charge in [0.1, 0.15) is 0 Å². The molecule has 3 aromatic carbocycles. The van der Waals surface area contributed by atoms with Gasteiger partial charge in [0.2, 0.25) is 0 Å². The van der Waals surface area contributed by atoms with Gasteiger partial charge in [0, 0.05) is 8.07 Å². The van der Waals surface area contributed by atoms with Gasteiger partial charge in [-0.1, -0.05) is 130 Å². The molecule has 0 N–H and O–H groups in total. The zero-order valence-corrected chi connectivity index (χ0v) is 19.7. The maximum Gasteiger partial charge on any atom is 0.0650 e. The lowest BCUT2D eigenvalue weighted by Crippen LogP contribution is -2.29. The Labute approximate surface area is 178 Å². The third-order valence-corrected chi connectivity index (χ3v) is 10.5. The van der Waals surface area contributed by atoms with Crippen molar-refractivity contribution in [2.45, 2.75) is 37.3 Å². The van der Waals surface area contributed by atoms with Crippen molar-refractivity contribution in [1.82, 2.24) is 0 Å². The molecule has 1 saturated heterocycles. The zero-order valence-electron chi connectivity index (χ0n) is 17.8. The Morgan fingerprint density at radius 3 is 1.72 bits per heavy atom. The van der Waals surface area contributed by atoms with Crippen LogP contribution in [0.2, 0.25) is 25.7 Å². The van der Waals surface area contributed by atoms with Gasteiger partial charge in [0.25, 0.3) is 0 Å². The summed E-state index contributed by atoms with van der Waals surface area (Å²) in [5, 5.41) is 1.50. The second-order valence-electron chi connectivity index (χ2n) is 9.17. The topological polar surface area (TPSA) is 0 Å².